The van der Waals surface area contributed by atoms with E-state index < -0.39 is 0 Å². The predicted octanol–water partition coefficient (Wildman–Crippen LogP) is 0.886. The van der Waals surface area contributed by atoms with Gasteiger partial charge in [-0.1, -0.05) is 66.2 Å². The van der Waals surface area contributed by atoms with Crippen LogP contribution >= 0.6 is 11.6 Å². The van der Waals surface area contributed by atoms with Gasteiger partial charge in [0.1, 0.15) is 5.16 Å². The summed E-state index contributed by atoms with van der Waals surface area (Å²) in [5, 5.41) is 4.59. The van der Waals surface area contributed by atoms with E-state index in [9.17, 15) is 0 Å². The Morgan fingerprint density at radius 3 is 2.29 bits per heavy atom. The summed E-state index contributed by atoms with van der Waals surface area (Å²) in [7, 11) is 0. The quantitative estimate of drug-likeness (QED) is 0.606. The van der Waals surface area contributed by atoms with Crippen LogP contribution in [0.25, 0.3) is 17.3 Å². The number of hydrogen-bond acceptors (Lipinski definition) is 1. The van der Waals surface area contributed by atoms with E-state index in [1.807, 2.05) is 48.5 Å². The molecule has 0 fully saturated rings. The lowest BCUT2D eigenvalue weighted by Gasteiger charge is -1.97. The van der Waals surface area contributed by atoms with Crippen LogP contribution in [0.3, 0.4) is 0 Å². The summed E-state index contributed by atoms with van der Waals surface area (Å²) in [5.41, 5.74) is 0. The number of rotatable bonds is 0. The van der Waals surface area contributed by atoms with Crippen molar-refractivity contribution in [3.63, 3.8) is 0 Å². The molecule has 1 heterocycles. The molecular weight excluding hydrogens is 230 g/mol. The Kier molecular flexibility index (Phi) is 2.54. The number of fused-ring (bicyclic) bond motifs is 2. The van der Waals surface area contributed by atoms with Gasteiger partial charge in [0, 0.05) is 10.4 Å². The monoisotopic (exact) mass is 239 g/mol. The van der Waals surface area contributed by atoms with Crippen LogP contribution in [0.15, 0.2) is 53.5 Å². The van der Waals surface area contributed by atoms with Crippen LogP contribution in [-0.4, -0.2) is 0 Å². The van der Waals surface area contributed by atoms with E-state index in [-0.39, 0.29) is 0 Å². The molecule has 2 aromatic rings. The van der Waals surface area contributed by atoms with Crippen molar-refractivity contribution in [2.24, 2.45) is 4.99 Å². The Morgan fingerprint density at radius 1 is 0.765 bits per heavy atom. The van der Waals surface area contributed by atoms with E-state index >= 15 is 0 Å². The lowest BCUT2D eigenvalue weighted by molar-refractivity contribution is 1.32. The summed E-state index contributed by atoms with van der Waals surface area (Å²) in [6, 6.07) is 16.0. The van der Waals surface area contributed by atoms with Crippen molar-refractivity contribution >= 4 is 28.9 Å². The number of halogens is 1. The minimum atomic E-state index is 0.539. The molecule has 0 amide bonds. The van der Waals surface area contributed by atoms with Gasteiger partial charge < -0.3 is 0 Å². The Labute approximate surface area is 104 Å². The van der Waals surface area contributed by atoms with Gasteiger partial charge in [-0.05, 0) is 11.3 Å². The zero-order valence-corrected chi connectivity index (χ0v) is 9.85. The highest BCUT2D eigenvalue weighted by Gasteiger charge is 1.95. The molecule has 1 aliphatic rings. The van der Waals surface area contributed by atoms with Crippen molar-refractivity contribution in [1.29, 1.82) is 0 Å². The van der Waals surface area contributed by atoms with Crippen molar-refractivity contribution in [2.75, 3.05) is 0 Å². The molecule has 0 unspecified atom stereocenters. The fourth-order valence-corrected chi connectivity index (χ4v) is 2.17. The number of para-hydroxylation sites is 1. The summed E-state index contributed by atoms with van der Waals surface area (Å²) < 4.78 is 0. The van der Waals surface area contributed by atoms with Gasteiger partial charge in [-0.25, -0.2) is 4.99 Å². The second kappa shape index (κ2) is 4.19. The smallest absolute Gasteiger partial charge is 0.137 e. The van der Waals surface area contributed by atoms with Gasteiger partial charge in [0.2, 0.25) is 0 Å². The molecular formula is C15H10ClN. The van der Waals surface area contributed by atoms with Crippen LogP contribution in [0.2, 0.25) is 0 Å². The van der Waals surface area contributed by atoms with Crippen molar-refractivity contribution in [3.05, 3.63) is 69.5 Å². The maximum atomic E-state index is 6.27. The largest absolute Gasteiger partial charge is 0.235 e. The van der Waals surface area contributed by atoms with E-state index in [1.165, 1.54) is 0 Å². The van der Waals surface area contributed by atoms with Crippen molar-refractivity contribution in [1.82, 2.24) is 0 Å². The van der Waals surface area contributed by atoms with Crippen LogP contribution in [0.5, 0.6) is 0 Å². The fourth-order valence-electron chi connectivity index (χ4n) is 1.91. The van der Waals surface area contributed by atoms with E-state index in [0.717, 1.165) is 21.0 Å². The minimum Gasteiger partial charge on any atom is -0.235 e. The van der Waals surface area contributed by atoms with Crippen molar-refractivity contribution in [3.8, 4) is 0 Å². The Balaban J connectivity index is 2.52. The van der Waals surface area contributed by atoms with Gasteiger partial charge in [-0.3, -0.25) is 0 Å². The van der Waals surface area contributed by atoms with Crippen molar-refractivity contribution < 1.29 is 0 Å². The lowest BCUT2D eigenvalue weighted by Crippen LogP contribution is -2.30. The summed E-state index contributed by atoms with van der Waals surface area (Å²) in [5.74, 6) is 0. The SMILES string of the molecule is ClC1=c2ccccc2=CC=c2ccccc2=N1. The first-order valence-corrected chi connectivity index (χ1v) is 5.83. The molecule has 17 heavy (non-hydrogen) atoms. The second-order valence-corrected chi connectivity index (χ2v) is 4.24. The van der Waals surface area contributed by atoms with E-state index in [4.69, 9.17) is 11.6 Å². The Bertz CT molecular complexity index is 803. The lowest BCUT2D eigenvalue weighted by atomic mass is 10.2. The van der Waals surface area contributed by atoms with Crippen molar-refractivity contribution in [2.45, 2.75) is 0 Å². The van der Waals surface area contributed by atoms with Gasteiger partial charge in [0.25, 0.3) is 0 Å². The normalized spacial score (nSPS) is 13.1. The molecule has 2 aromatic carbocycles. The molecule has 2 heteroatoms. The second-order valence-electron chi connectivity index (χ2n) is 3.88. The molecule has 1 aliphatic heterocycles. The molecule has 82 valence electrons. The molecule has 0 bridgehead atoms. The predicted molar refractivity (Wildman–Crippen MR) is 71.1 cm³/mol. The topological polar surface area (TPSA) is 12.4 Å². The minimum absolute atomic E-state index is 0.539. The maximum absolute atomic E-state index is 6.27. The fraction of sp³-hybridized carbons (Fsp3) is 0. The van der Waals surface area contributed by atoms with Gasteiger partial charge >= 0.3 is 0 Å². The molecule has 1 nitrogen and oxygen atoms in total. The highest BCUT2D eigenvalue weighted by molar-refractivity contribution is 6.44. The molecule has 0 spiro atoms. The first-order valence-electron chi connectivity index (χ1n) is 5.45. The summed E-state index contributed by atoms with van der Waals surface area (Å²) in [6.45, 7) is 0. The average Bonchev–Trinajstić information content (AvgIpc) is 2.36. The van der Waals surface area contributed by atoms with Crippen LogP contribution in [-0.2, 0) is 0 Å². The van der Waals surface area contributed by atoms with Gasteiger partial charge in [0.15, 0.2) is 0 Å². The van der Waals surface area contributed by atoms with Crippen LogP contribution in [0, 0.1) is 0 Å². The van der Waals surface area contributed by atoms with Crippen LogP contribution < -0.4 is 21.0 Å². The van der Waals surface area contributed by atoms with Gasteiger partial charge in [-0.2, -0.15) is 0 Å². The first-order chi connectivity index (χ1) is 8.34. The molecule has 0 aromatic heterocycles. The molecule has 0 saturated carbocycles. The van der Waals surface area contributed by atoms with E-state index in [2.05, 4.69) is 17.1 Å². The first kappa shape index (κ1) is 10.3. The van der Waals surface area contributed by atoms with Gasteiger partial charge in [0.05, 0.1) is 5.36 Å². The number of hydrogen-bond donors (Lipinski definition) is 0. The zero-order valence-electron chi connectivity index (χ0n) is 9.10. The maximum Gasteiger partial charge on any atom is 0.137 e. The molecule has 0 atom stereocenters. The standard InChI is InChI=1S/C15H10ClN/c16-15-13-7-3-1-5-11(13)9-10-12-6-2-4-8-14(12)17-15/h1-10H. The van der Waals surface area contributed by atoms with E-state index in [0.29, 0.717) is 5.16 Å². The highest BCUT2D eigenvalue weighted by Crippen LogP contribution is 1.98. The number of nitrogens with zero attached hydrogens (tertiary/aromatic N) is 1. The molecule has 0 radical (unpaired) electrons. The third-order valence-corrected chi connectivity index (χ3v) is 3.07. The summed E-state index contributed by atoms with van der Waals surface area (Å²) >= 11 is 6.27. The number of benzene rings is 2. The van der Waals surface area contributed by atoms with Gasteiger partial charge in [-0.15, -0.1) is 0 Å². The van der Waals surface area contributed by atoms with Crippen LogP contribution in [0.1, 0.15) is 0 Å². The Morgan fingerprint density at radius 2 is 1.41 bits per heavy atom. The summed E-state index contributed by atoms with van der Waals surface area (Å²) in [6.07, 6.45) is 4.15. The van der Waals surface area contributed by atoms with Crippen LogP contribution in [0.4, 0.5) is 0 Å². The summed E-state index contributed by atoms with van der Waals surface area (Å²) in [4.78, 5) is 4.47. The highest BCUT2D eigenvalue weighted by atomic mass is 35.5. The van der Waals surface area contributed by atoms with E-state index in [1.54, 1.807) is 0 Å². The average molecular weight is 240 g/mol. The third kappa shape index (κ3) is 1.90. The molecule has 0 N–H and O–H groups in total. The third-order valence-electron chi connectivity index (χ3n) is 2.78. The zero-order chi connectivity index (χ0) is 11.7. The molecule has 0 saturated heterocycles. The molecule has 0 aliphatic carbocycles. The Hall–Kier alpha value is -1.86. The molecule has 3 rings (SSSR count).